The van der Waals surface area contributed by atoms with E-state index in [9.17, 15) is 18.0 Å². The predicted octanol–water partition coefficient (Wildman–Crippen LogP) is 3.07. The first-order valence-electron chi connectivity index (χ1n) is 12.9. The molecule has 2 unspecified atom stereocenters. The molecule has 11 heteroatoms. The number of rotatable bonds is 6. The number of primary amides is 1. The van der Waals surface area contributed by atoms with Gasteiger partial charge in [-0.2, -0.15) is 4.31 Å². The molecule has 3 heterocycles. The van der Waals surface area contributed by atoms with E-state index < -0.39 is 22.2 Å². The molecule has 0 radical (unpaired) electrons. The first kappa shape index (κ1) is 27.2. The number of nitrogens with zero attached hydrogens (tertiary/aromatic N) is 3. The third-order valence-corrected chi connectivity index (χ3v) is 10.1. The zero-order valence-corrected chi connectivity index (χ0v) is 22.4. The van der Waals surface area contributed by atoms with Crippen molar-refractivity contribution in [3.63, 3.8) is 0 Å². The van der Waals surface area contributed by atoms with Gasteiger partial charge in [0.15, 0.2) is 0 Å². The summed E-state index contributed by atoms with van der Waals surface area (Å²) in [4.78, 5) is 28.9. The van der Waals surface area contributed by atoms with Crippen molar-refractivity contribution >= 4 is 33.6 Å². The lowest BCUT2D eigenvalue weighted by Crippen LogP contribution is -2.54. The smallest absolute Gasteiger partial charge is 0.409 e. The van der Waals surface area contributed by atoms with Gasteiger partial charge in [0, 0.05) is 36.7 Å². The van der Waals surface area contributed by atoms with Crippen LogP contribution < -0.4 is 5.73 Å². The maximum Gasteiger partial charge on any atom is 0.409 e. The first-order chi connectivity index (χ1) is 17.2. The Bertz CT molecular complexity index is 1040. The third kappa shape index (κ3) is 6.15. The van der Waals surface area contributed by atoms with Gasteiger partial charge < -0.3 is 15.4 Å². The van der Waals surface area contributed by atoms with Gasteiger partial charge in [-0.05, 0) is 76.3 Å². The van der Waals surface area contributed by atoms with Crippen LogP contribution >= 0.6 is 11.6 Å². The molecule has 2 N–H and O–H groups in total. The van der Waals surface area contributed by atoms with Gasteiger partial charge in [0.2, 0.25) is 15.9 Å². The van der Waals surface area contributed by atoms with Crippen LogP contribution in [-0.2, 0) is 19.6 Å². The monoisotopic (exact) mass is 540 g/mol. The van der Waals surface area contributed by atoms with Crippen molar-refractivity contribution in [1.82, 2.24) is 14.1 Å². The molecular formula is C25H37ClN4O5S. The number of carbonyl (C=O) groups excluding carboxylic acids is 2. The number of hydrogen-bond acceptors (Lipinski definition) is 6. The van der Waals surface area contributed by atoms with Crippen molar-refractivity contribution in [2.75, 3.05) is 32.8 Å². The van der Waals surface area contributed by atoms with Gasteiger partial charge in [0.05, 0.1) is 16.9 Å². The van der Waals surface area contributed by atoms with E-state index in [4.69, 9.17) is 22.1 Å². The van der Waals surface area contributed by atoms with E-state index in [2.05, 4.69) is 4.90 Å². The second-order valence-electron chi connectivity index (χ2n) is 10.3. The SMILES string of the molecule is C[C@@H]1CCC[C@H](COC(=O)N2CCCC(N3CCCC(C(N)=O)C3)C2)N1S(=O)(=O)c1ccc(Cl)cc1. The summed E-state index contributed by atoms with van der Waals surface area (Å²) in [6.45, 7) is 4.60. The number of nitrogens with two attached hydrogens (primary N) is 1. The van der Waals surface area contributed by atoms with Crippen LogP contribution in [-0.4, -0.2) is 85.4 Å². The van der Waals surface area contributed by atoms with Crippen LogP contribution in [0.3, 0.4) is 0 Å². The normalized spacial score (nSPS) is 28.6. The fourth-order valence-electron chi connectivity index (χ4n) is 5.83. The first-order valence-corrected chi connectivity index (χ1v) is 14.7. The highest BCUT2D eigenvalue weighted by Crippen LogP contribution is 2.31. The number of ether oxygens (including phenoxy) is 1. The van der Waals surface area contributed by atoms with E-state index in [-0.39, 0.29) is 35.4 Å². The van der Waals surface area contributed by atoms with Gasteiger partial charge >= 0.3 is 6.09 Å². The topological polar surface area (TPSA) is 113 Å². The van der Waals surface area contributed by atoms with E-state index in [1.165, 1.54) is 16.4 Å². The van der Waals surface area contributed by atoms with Crippen LogP contribution in [0.4, 0.5) is 4.79 Å². The van der Waals surface area contributed by atoms with Gasteiger partial charge in [-0.25, -0.2) is 13.2 Å². The van der Waals surface area contributed by atoms with Crippen molar-refractivity contribution in [2.24, 2.45) is 11.7 Å². The van der Waals surface area contributed by atoms with Crippen LogP contribution in [0.5, 0.6) is 0 Å². The lowest BCUT2D eigenvalue weighted by Gasteiger charge is -2.42. The van der Waals surface area contributed by atoms with Crippen LogP contribution in [0.25, 0.3) is 0 Å². The van der Waals surface area contributed by atoms with Gasteiger partial charge in [-0.1, -0.05) is 18.0 Å². The predicted molar refractivity (Wildman–Crippen MR) is 137 cm³/mol. The second kappa shape index (κ2) is 11.7. The van der Waals surface area contributed by atoms with Gasteiger partial charge in [0.25, 0.3) is 0 Å². The molecule has 3 saturated heterocycles. The number of benzene rings is 1. The molecule has 3 aliphatic heterocycles. The Morgan fingerprint density at radius 3 is 2.47 bits per heavy atom. The summed E-state index contributed by atoms with van der Waals surface area (Å²) in [6, 6.07) is 5.72. The summed E-state index contributed by atoms with van der Waals surface area (Å²) < 4.78 is 34.1. The number of carbonyl (C=O) groups is 2. The molecule has 3 aliphatic rings. The summed E-state index contributed by atoms with van der Waals surface area (Å²) in [7, 11) is -3.76. The second-order valence-corrected chi connectivity index (χ2v) is 12.6. The van der Waals surface area contributed by atoms with E-state index in [0.29, 0.717) is 31.1 Å². The number of sulfonamides is 1. The third-order valence-electron chi connectivity index (χ3n) is 7.77. The molecular weight excluding hydrogens is 504 g/mol. The number of amides is 2. The molecule has 4 atom stereocenters. The maximum absolute atomic E-state index is 13.5. The molecule has 1 aromatic rings. The summed E-state index contributed by atoms with van der Waals surface area (Å²) >= 11 is 5.95. The van der Waals surface area contributed by atoms with Gasteiger partial charge in [-0.15, -0.1) is 0 Å². The van der Waals surface area contributed by atoms with E-state index in [0.717, 1.165) is 45.1 Å². The zero-order valence-electron chi connectivity index (χ0n) is 20.9. The summed E-state index contributed by atoms with van der Waals surface area (Å²) in [5, 5.41) is 0.473. The van der Waals surface area contributed by atoms with Crippen molar-refractivity contribution < 1.29 is 22.7 Å². The fourth-order valence-corrected chi connectivity index (χ4v) is 7.82. The minimum Gasteiger partial charge on any atom is -0.448 e. The van der Waals surface area contributed by atoms with Crippen LogP contribution in [0.1, 0.15) is 51.9 Å². The molecule has 0 aromatic heterocycles. The minimum atomic E-state index is -3.76. The van der Waals surface area contributed by atoms with E-state index in [1.807, 2.05) is 6.92 Å². The van der Waals surface area contributed by atoms with Crippen molar-refractivity contribution in [2.45, 2.75) is 74.9 Å². The minimum absolute atomic E-state index is 0.0185. The molecule has 36 heavy (non-hydrogen) atoms. The van der Waals surface area contributed by atoms with E-state index in [1.54, 1.807) is 17.0 Å². The molecule has 0 aliphatic carbocycles. The standard InChI is InChI=1S/C25H37ClN4O5S/c1-18-5-2-7-22(30(18)36(33,34)23-11-9-20(26)10-12-23)17-35-25(32)29-14-4-8-21(16-29)28-13-3-6-19(15-28)24(27)31/h9-12,18-19,21-22H,2-8,13-17H2,1H3,(H2,27,31)/t18-,19?,21?,22-/m1/s1. The average molecular weight is 541 g/mol. The Morgan fingerprint density at radius 2 is 1.75 bits per heavy atom. The molecule has 200 valence electrons. The number of halogens is 1. The summed E-state index contributed by atoms with van der Waals surface area (Å²) in [6.07, 6.45) is 5.41. The molecule has 3 fully saturated rings. The largest absolute Gasteiger partial charge is 0.448 e. The van der Waals surface area contributed by atoms with Crippen LogP contribution in [0.15, 0.2) is 29.2 Å². The van der Waals surface area contributed by atoms with Gasteiger partial charge in [0.1, 0.15) is 6.61 Å². The van der Waals surface area contributed by atoms with Crippen LogP contribution in [0.2, 0.25) is 5.02 Å². The molecule has 0 saturated carbocycles. The molecule has 0 spiro atoms. The lowest BCUT2D eigenvalue weighted by atomic mass is 9.94. The Hall–Kier alpha value is -1.88. The van der Waals surface area contributed by atoms with Crippen molar-refractivity contribution in [3.05, 3.63) is 29.3 Å². The summed E-state index contributed by atoms with van der Waals surface area (Å²) in [5.74, 6) is -0.394. The quantitative estimate of drug-likeness (QED) is 0.593. The fraction of sp³-hybridized carbons (Fsp3) is 0.680. The summed E-state index contributed by atoms with van der Waals surface area (Å²) in [5.41, 5.74) is 5.54. The highest BCUT2D eigenvalue weighted by atomic mass is 35.5. The Morgan fingerprint density at radius 1 is 1.03 bits per heavy atom. The highest BCUT2D eigenvalue weighted by Gasteiger charge is 2.39. The average Bonchev–Trinajstić information content (AvgIpc) is 2.87. The van der Waals surface area contributed by atoms with E-state index >= 15 is 0 Å². The Balaban J connectivity index is 1.38. The molecule has 0 bridgehead atoms. The molecule has 2 amide bonds. The Labute approximate surface area is 218 Å². The maximum atomic E-state index is 13.5. The highest BCUT2D eigenvalue weighted by molar-refractivity contribution is 7.89. The zero-order chi connectivity index (χ0) is 25.9. The molecule has 9 nitrogen and oxygen atoms in total. The Kier molecular flexibility index (Phi) is 8.80. The lowest BCUT2D eigenvalue weighted by molar-refractivity contribution is -0.124. The number of likely N-dealkylation sites (tertiary alicyclic amines) is 2. The van der Waals surface area contributed by atoms with Gasteiger partial charge in [-0.3, -0.25) is 9.69 Å². The molecule has 4 rings (SSSR count). The molecule has 1 aromatic carbocycles. The van der Waals surface area contributed by atoms with Crippen LogP contribution in [0, 0.1) is 5.92 Å². The number of hydrogen-bond donors (Lipinski definition) is 1. The van der Waals surface area contributed by atoms with Crippen molar-refractivity contribution in [1.29, 1.82) is 0 Å². The number of piperidine rings is 3. The van der Waals surface area contributed by atoms with Crippen molar-refractivity contribution in [3.8, 4) is 0 Å².